The van der Waals surface area contributed by atoms with Gasteiger partial charge in [0.05, 0.1) is 6.19 Å². The molecule has 0 heterocycles. The van der Waals surface area contributed by atoms with Crippen LogP contribution in [0.5, 0.6) is 0 Å². The van der Waals surface area contributed by atoms with Crippen LogP contribution < -0.4 is 16.7 Å². The lowest BCUT2D eigenvalue weighted by atomic mass is 9.98. The SMILES string of the molecule is NCC(N)CCN[B]C=O. The molecule has 5 N–H and O–H groups in total. The molecule has 0 saturated carbocycles. The number of hydrogen-bond donors (Lipinski definition) is 3. The summed E-state index contributed by atoms with van der Waals surface area (Å²) in [7, 11) is 1.35. The Morgan fingerprint density at radius 3 is 2.90 bits per heavy atom. The average Bonchev–Trinajstić information content (AvgIpc) is 1.98. The molecule has 0 aromatic carbocycles. The molecule has 57 valence electrons. The van der Waals surface area contributed by atoms with Gasteiger partial charge in [0, 0.05) is 12.6 Å². The predicted octanol–water partition coefficient (Wildman–Crippen LogP) is -1.94. The van der Waals surface area contributed by atoms with Crippen molar-refractivity contribution in [3.63, 3.8) is 0 Å². The average molecular weight is 142 g/mol. The number of carbonyl (C=O) groups is 1. The van der Waals surface area contributed by atoms with E-state index >= 15 is 0 Å². The minimum absolute atomic E-state index is 0.0348. The molecule has 0 aromatic heterocycles. The fraction of sp³-hybridized carbons (Fsp3) is 0.800. The lowest BCUT2D eigenvalue weighted by molar-refractivity contribution is 0.567. The molecule has 1 radical (unpaired) electrons. The predicted molar refractivity (Wildman–Crippen MR) is 42.2 cm³/mol. The number of rotatable bonds is 6. The topological polar surface area (TPSA) is 81.1 Å². The van der Waals surface area contributed by atoms with Crippen LogP contribution in [0.15, 0.2) is 0 Å². The van der Waals surface area contributed by atoms with Crippen molar-refractivity contribution < 1.29 is 4.79 Å². The zero-order valence-corrected chi connectivity index (χ0v) is 5.92. The summed E-state index contributed by atoms with van der Waals surface area (Å²) in [4.78, 5) is 9.75. The summed E-state index contributed by atoms with van der Waals surface area (Å²) in [5, 5.41) is 2.77. The molecule has 0 aliphatic carbocycles. The number of nitrogens with two attached hydrogens (primary N) is 2. The Morgan fingerprint density at radius 2 is 2.40 bits per heavy atom. The summed E-state index contributed by atoms with van der Waals surface area (Å²) in [6.07, 6.45) is 1.49. The normalized spacial score (nSPS) is 12.6. The van der Waals surface area contributed by atoms with Gasteiger partial charge in [-0.05, 0) is 13.0 Å². The van der Waals surface area contributed by atoms with E-state index in [0.717, 1.165) is 6.42 Å². The Labute approximate surface area is 61.6 Å². The second kappa shape index (κ2) is 6.73. The van der Waals surface area contributed by atoms with Crippen LogP contribution in [0.4, 0.5) is 0 Å². The van der Waals surface area contributed by atoms with Crippen molar-refractivity contribution in [2.75, 3.05) is 13.1 Å². The van der Waals surface area contributed by atoms with Gasteiger partial charge in [0.25, 0.3) is 7.41 Å². The molecule has 1 atom stereocenters. The van der Waals surface area contributed by atoms with Gasteiger partial charge in [-0.3, -0.25) is 0 Å². The zero-order valence-electron chi connectivity index (χ0n) is 5.92. The summed E-state index contributed by atoms with van der Waals surface area (Å²) >= 11 is 0. The third-order valence-electron chi connectivity index (χ3n) is 1.15. The molecule has 5 heteroatoms. The summed E-state index contributed by atoms with van der Waals surface area (Å²) in [5.74, 6) is 0. The maximum atomic E-state index is 9.75. The third kappa shape index (κ3) is 5.75. The van der Waals surface area contributed by atoms with E-state index in [2.05, 4.69) is 5.23 Å². The molecule has 0 bridgehead atoms. The van der Waals surface area contributed by atoms with E-state index in [9.17, 15) is 4.79 Å². The van der Waals surface area contributed by atoms with Gasteiger partial charge >= 0.3 is 0 Å². The highest BCUT2D eigenvalue weighted by atomic mass is 16.1. The largest absolute Gasteiger partial charge is 0.354 e. The highest BCUT2D eigenvalue weighted by molar-refractivity contribution is 6.64. The van der Waals surface area contributed by atoms with Gasteiger partial charge in [-0.1, -0.05) is 0 Å². The molecule has 10 heavy (non-hydrogen) atoms. The zero-order chi connectivity index (χ0) is 7.82. The molecule has 1 unspecified atom stereocenters. The first kappa shape index (κ1) is 9.61. The van der Waals surface area contributed by atoms with Crippen LogP contribution in [0, 0.1) is 0 Å². The van der Waals surface area contributed by atoms with Gasteiger partial charge in [-0.25, -0.2) is 0 Å². The van der Waals surface area contributed by atoms with E-state index in [0.29, 0.717) is 19.3 Å². The van der Waals surface area contributed by atoms with Crippen molar-refractivity contribution in [2.45, 2.75) is 12.5 Å². The second-order valence-electron chi connectivity index (χ2n) is 2.04. The van der Waals surface area contributed by atoms with Crippen LogP contribution in [0.2, 0.25) is 0 Å². The van der Waals surface area contributed by atoms with Crippen molar-refractivity contribution in [1.82, 2.24) is 5.23 Å². The van der Waals surface area contributed by atoms with E-state index in [1.165, 1.54) is 7.41 Å². The van der Waals surface area contributed by atoms with Crippen molar-refractivity contribution in [2.24, 2.45) is 11.5 Å². The van der Waals surface area contributed by atoms with E-state index in [4.69, 9.17) is 11.5 Å². The molecule has 0 aliphatic rings. The maximum Gasteiger partial charge on any atom is 0.290 e. The molecule has 0 saturated heterocycles. The van der Waals surface area contributed by atoms with Crippen LogP contribution in [0.1, 0.15) is 6.42 Å². The molecule has 0 spiro atoms. The highest BCUT2D eigenvalue weighted by Gasteiger charge is 1.97. The van der Waals surface area contributed by atoms with Crippen LogP contribution in [-0.4, -0.2) is 32.7 Å². The molecular formula is C5H13BN3O. The van der Waals surface area contributed by atoms with Gasteiger partial charge in [-0.2, -0.15) is 0 Å². The molecular weight excluding hydrogens is 129 g/mol. The summed E-state index contributed by atoms with van der Waals surface area (Å²) in [6.45, 7) is 1.19. The highest BCUT2D eigenvalue weighted by Crippen LogP contribution is 1.80. The van der Waals surface area contributed by atoms with E-state index in [1.54, 1.807) is 0 Å². The molecule has 4 nitrogen and oxygen atoms in total. The molecule has 0 rings (SSSR count). The monoisotopic (exact) mass is 142 g/mol. The van der Waals surface area contributed by atoms with Crippen LogP contribution in [-0.2, 0) is 4.79 Å². The van der Waals surface area contributed by atoms with E-state index < -0.39 is 0 Å². The first-order valence-corrected chi connectivity index (χ1v) is 3.27. The van der Waals surface area contributed by atoms with Gasteiger partial charge in [0.1, 0.15) is 0 Å². The Morgan fingerprint density at radius 1 is 1.70 bits per heavy atom. The standard InChI is InChI=1S/C5H13BN3O/c7-3-5(8)1-2-9-6-4-10/h4-5,9H,1-3,7-8H2. The third-order valence-corrected chi connectivity index (χ3v) is 1.15. The van der Waals surface area contributed by atoms with Crippen LogP contribution >= 0.6 is 0 Å². The first-order chi connectivity index (χ1) is 4.81. The Kier molecular flexibility index (Phi) is 6.47. The summed E-state index contributed by atoms with van der Waals surface area (Å²) < 4.78 is 0. The molecule has 0 amide bonds. The van der Waals surface area contributed by atoms with E-state index in [-0.39, 0.29) is 6.04 Å². The fourth-order valence-corrected chi connectivity index (χ4v) is 0.518. The van der Waals surface area contributed by atoms with Crippen LogP contribution in [0.25, 0.3) is 0 Å². The van der Waals surface area contributed by atoms with E-state index in [1.807, 2.05) is 0 Å². The van der Waals surface area contributed by atoms with Crippen molar-refractivity contribution in [3.8, 4) is 0 Å². The van der Waals surface area contributed by atoms with Gasteiger partial charge < -0.3 is 21.5 Å². The van der Waals surface area contributed by atoms with Crippen LogP contribution in [0.3, 0.4) is 0 Å². The Bertz CT molecular complexity index is 91.0. The van der Waals surface area contributed by atoms with Crippen molar-refractivity contribution in [3.05, 3.63) is 0 Å². The molecule has 0 fully saturated rings. The number of carbonyl (C=O) groups excluding carboxylic acids is 1. The summed E-state index contributed by atoms with van der Waals surface area (Å²) in [6, 6.07) is 0.0348. The lowest BCUT2D eigenvalue weighted by Crippen LogP contribution is -2.34. The quantitative estimate of drug-likeness (QED) is 0.229. The summed E-state index contributed by atoms with van der Waals surface area (Å²) in [5.41, 5.74) is 10.7. The minimum atomic E-state index is 0.0348. The maximum absolute atomic E-state index is 9.75. The molecule has 0 aromatic rings. The van der Waals surface area contributed by atoms with Crippen molar-refractivity contribution >= 4 is 13.6 Å². The lowest BCUT2D eigenvalue weighted by Gasteiger charge is -2.06. The molecule has 0 aliphatic heterocycles. The fourth-order valence-electron chi connectivity index (χ4n) is 0.518. The second-order valence-corrected chi connectivity index (χ2v) is 2.04. The smallest absolute Gasteiger partial charge is 0.290 e. The minimum Gasteiger partial charge on any atom is -0.354 e. The number of nitrogens with one attached hydrogen (secondary N) is 1. The van der Waals surface area contributed by atoms with Gasteiger partial charge in [0.15, 0.2) is 0 Å². The Hall–Kier alpha value is -0.385. The van der Waals surface area contributed by atoms with Gasteiger partial charge in [0.2, 0.25) is 0 Å². The number of hydrogen-bond acceptors (Lipinski definition) is 4. The van der Waals surface area contributed by atoms with Gasteiger partial charge in [-0.15, -0.1) is 0 Å². The first-order valence-electron chi connectivity index (χ1n) is 3.27. The van der Waals surface area contributed by atoms with Crippen molar-refractivity contribution in [1.29, 1.82) is 0 Å². The Balaban J connectivity index is 2.95.